The third-order valence-electron chi connectivity index (χ3n) is 5.92. The maximum Gasteiger partial charge on any atom is 0.332 e. The van der Waals surface area contributed by atoms with Gasteiger partial charge in [-0.2, -0.15) is 16.4 Å². The van der Waals surface area contributed by atoms with Crippen LogP contribution in [0.2, 0.25) is 0 Å². The number of hydrogen-bond donors (Lipinski definition) is 0. The van der Waals surface area contributed by atoms with E-state index in [-0.39, 0.29) is 5.41 Å². The van der Waals surface area contributed by atoms with Gasteiger partial charge in [-0.1, -0.05) is 30.3 Å². The first-order valence-corrected chi connectivity index (χ1v) is 10.5. The number of nitrogens with zero attached hydrogens (tertiary/aromatic N) is 4. The normalized spacial score (nSPS) is 21.4. The Morgan fingerprint density at radius 3 is 2.64 bits per heavy atom. The summed E-state index contributed by atoms with van der Waals surface area (Å²) in [5.74, 6) is 0.748. The number of aromatic nitrogens is 3. The van der Waals surface area contributed by atoms with Crippen molar-refractivity contribution in [1.82, 2.24) is 19.2 Å². The molecule has 0 radical (unpaired) electrons. The van der Waals surface area contributed by atoms with E-state index in [0.717, 1.165) is 43.9 Å². The van der Waals surface area contributed by atoms with Gasteiger partial charge in [0.15, 0.2) is 0 Å². The topological polar surface area (TPSA) is 60.1 Å². The van der Waals surface area contributed by atoms with Gasteiger partial charge in [0, 0.05) is 31.5 Å². The molecule has 0 N–H and O–H groups in total. The molecule has 0 aliphatic carbocycles. The van der Waals surface area contributed by atoms with E-state index in [1.807, 2.05) is 30.3 Å². The first-order chi connectivity index (χ1) is 13.6. The van der Waals surface area contributed by atoms with Crippen LogP contribution in [-0.4, -0.2) is 32.3 Å². The highest BCUT2D eigenvalue weighted by Crippen LogP contribution is 2.39. The Hall–Kier alpha value is -2.51. The molecule has 2 aliphatic rings. The summed E-state index contributed by atoms with van der Waals surface area (Å²) >= 11 is 1.72. The molecular weight excluding hydrogens is 372 g/mol. The van der Waals surface area contributed by atoms with Gasteiger partial charge in [0.25, 0.3) is 0 Å². The lowest BCUT2D eigenvalue weighted by molar-refractivity contribution is 0.246. The van der Waals surface area contributed by atoms with Crippen molar-refractivity contribution in [3.05, 3.63) is 84.8 Å². The highest BCUT2D eigenvalue weighted by atomic mass is 32.1. The fourth-order valence-electron chi connectivity index (χ4n) is 4.54. The fourth-order valence-corrected chi connectivity index (χ4v) is 5.20. The van der Waals surface area contributed by atoms with Gasteiger partial charge in [-0.05, 0) is 40.9 Å². The molecule has 6 nitrogen and oxygen atoms in total. The Bertz CT molecular complexity index is 1100. The molecule has 0 amide bonds. The lowest BCUT2D eigenvalue weighted by Crippen LogP contribution is -2.43. The standard InChI is InChI=1S/C21H22N4O2S/c26-19-20(27)25(12-16-4-2-1-3-5-16)22-18-10-21(15-24(18)19)7-8-23(14-21)11-17-6-9-28-13-17/h1-6,9,13H,7-8,10-12,14-15H2/t21-/m0/s1. The summed E-state index contributed by atoms with van der Waals surface area (Å²) in [6.45, 7) is 3.85. The predicted molar refractivity (Wildman–Crippen MR) is 109 cm³/mol. The highest BCUT2D eigenvalue weighted by Gasteiger charge is 2.44. The Labute approximate surface area is 166 Å². The highest BCUT2D eigenvalue weighted by molar-refractivity contribution is 7.07. The molecule has 1 fully saturated rings. The van der Waals surface area contributed by atoms with Crippen molar-refractivity contribution in [2.24, 2.45) is 5.41 Å². The maximum atomic E-state index is 12.7. The van der Waals surface area contributed by atoms with Crippen molar-refractivity contribution in [1.29, 1.82) is 0 Å². The predicted octanol–water partition coefficient (Wildman–Crippen LogP) is 1.96. The minimum absolute atomic E-state index is 0.0214. The van der Waals surface area contributed by atoms with Gasteiger partial charge in [0.1, 0.15) is 5.82 Å². The van der Waals surface area contributed by atoms with Gasteiger partial charge in [-0.3, -0.25) is 19.1 Å². The minimum Gasteiger partial charge on any atom is -0.298 e. The van der Waals surface area contributed by atoms with Crippen molar-refractivity contribution in [3.8, 4) is 0 Å². The molecule has 3 aromatic rings. The second-order valence-corrected chi connectivity index (χ2v) is 8.80. The van der Waals surface area contributed by atoms with E-state index in [9.17, 15) is 9.59 Å². The van der Waals surface area contributed by atoms with E-state index in [0.29, 0.717) is 13.1 Å². The van der Waals surface area contributed by atoms with E-state index in [1.165, 1.54) is 10.2 Å². The number of fused-ring (bicyclic) bond motifs is 1. The molecule has 1 spiro atoms. The molecule has 7 heteroatoms. The van der Waals surface area contributed by atoms with Crippen molar-refractivity contribution >= 4 is 11.3 Å². The van der Waals surface area contributed by atoms with Gasteiger partial charge >= 0.3 is 11.1 Å². The Balaban J connectivity index is 1.39. The smallest absolute Gasteiger partial charge is 0.298 e. The zero-order valence-electron chi connectivity index (χ0n) is 15.6. The molecule has 28 heavy (non-hydrogen) atoms. The first-order valence-electron chi connectivity index (χ1n) is 9.60. The van der Waals surface area contributed by atoms with Crippen LogP contribution < -0.4 is 11.1 Å². The van der Waals surface area contributed by atoms with E-state index in [4.69, 9.17) is 0 Å². The van der Waals surface area contributed by atoms with E-state index >= 15 is 0 Å². The van der Waals surface area contributed by atoms with Crippen LogP contribution >= 0.6 is 11.3 Å². The summed E-state index contributed by atoms with van der Waals surface area (Å²) in [5.41, 5.74) is 1.37. The summed E-state index contributed by atoms with van der Waals surface area (Å²) in [6.07, 6.45) is 1.80. The molecule has 0 saturated carbocycles. The van der Waals surface area contributed by atoms with Gasteiger partial charge in [-0.25, -0.2) is 4.68 Å². The molecule has 2 aliphatic heterocycles. The number of benzene rings is 1. The summed E-state index contributed by atoms with van der Waals surface area (Å²) < 4.78 is 2.96. The third kappa shape index (κ3) is 3.14. The summed E-state index contributed by atoms with van der Waals surface area (Å²) in [7, 11) is 0. The monoisotopic (exact) mass is 394 g/mol. The second kappa shape index (κ2) is 6.83. The number of likely N-dealkylation sites (tertiary alicyclic amines) is 1. The van der Waals surface area contributed by atoms with Crippen LogP contribution in [0.5, 0.6) is 0 Å². The lowest BCUT2D eigenvalue weighted by Gasteiger charge is -2.22. The zero-order valence-corrected chi connectivity index (χ0v) is 16.4. The van der Waals surface area contributed by atoms with E-state index in [1.54, 1.807) is 15.9 Å². The molecular formula is C21H22N4O2S. The van der Waals surface area contributed by atoms with Crippen LogP contribution in [-0.2, 0) is 26.1 Å². The second-order valence-electron chi connectivity index (χ2n) is 8.02. The van der Waals surface area contributed by atoms with Crippen molar-refractivity contribution < 1.29 is 0 Å². The fraction of sp³-hybridized carbons (Fsp3) is 0.381. The van der Waals surface area contributed by atoms with E-state index in [2.05, 4.69) is 26.8 Å². The zero-order chi connectivity index (χ0) is 19.1. The van der Waals surface area contributed by atoms with Crippen LogP contribution in [0.25, 0.3) is 0 Å². The third-order valence-corrected chi connectivity index (χ3v) is 6.65. The number of rotatable bonds is 4. The summed E-state index contributed by atoms with van der Waals surface area (Å²) in [4.78, 5) is 27.8. The van der Waals surface area contributed by atoms with Gasteiger partial charge < -0.3 is 0 Å². The van der Waals surface area contributed by atoms with Gasteiger partial charge in [0.2, 0.25) is 0 Å². The molecule has 1 aromatic carbocycles. The molecule has 1 atom stereocenters. The minimum atomic E-state index is -0.530. The molecule has 4 heterocycles. The first kappa shape index (κ1) is 17.6. The van der Waals surface area contributed by atoms with Crippen molar-refractivity contribution in [2.75, 3.05) is 13.1 Å². The molecule has 5 rings (SSSR count). The lowest BCUT2D eigenvalue weighted by atomic mass is 9.86. The quantitative estimate of drug-likeness (QED) is 0.635. The average molecular weight is 395 g/mol. The number of hydrogen-bond acceptors (Lipinski definition) is 5. The molecule has 2 aromatic heterocycles. The van der Waals surface area contributed by atoms with Crippen LogP contribution in [0.15, 0.2) is 56.7 Å². The SMILES string of the molecule is O=c1c(=O)n2c(nn1Cc1ccccc1)C[C@]1(CCN(Cc3ccsc3)C1)C2. The molecule has 0 unspecified atom stereocenters. The Morgan fingerprint density at radius 2 is 1.86 bits per heavy atom. The van der Waals surface area contributed by atoms with Crippen LogP contribution in [0.1, 0.15) is 23.4 Å². The van der Waals surface area contributed by atoms with Crippen molar-refractivity contribution in [2.45, 2.75) is 32.5 Å². The van der Waals surface area contributed by atoms with Gasteiger partial charge in [-0.15, -0.1) is 0 Å². The largest absolute Gasteiger partial charge is 0.332 e. The average Bonchev–Trinajstić information content (AvgIpc) is 3.42. The van der Waals surface area contributed by atoms with Crippen molar-refractivity contribution in [3.63, 3.8) is 0 Å². The molecule has 144 valence electrons. The maximum absolute atomic E-state index is 12.7. The number of thiophene rings is 1. The summed E-state index contributed by atoms with van der Waals surface area (Å²) in [6, 6.07) is 11.8. The molecule has 0 bridgehead atoms. The summed E-state index contributed by atoms with van der Waals surface area (Å²) in [5, 5.41) is 8.88. The van der Waals surface area contributed by atoms with E-state index < -0.39 is 11.1 Å². The Kier molecular flexibility index (Phi) is 4.29. The van der Waals surface area contributed by atoms with Gasteiger partial charge in [0.05, 0.1) is 6.54 Å². The van der Waals surface area contributed by atoms with Crippen LogP contribution in [0.4, 0.5) is 0 Å². The molecule has 1 saturated heterocycles. The van der Waals surface area contributed by atoms with Crippen LogP contribution in [0.3, 0.4) is 0 Å². The Morgan fingerprint density at radius 1 is 1.00 bits per heavy atom. The van der Waals surface area contributed by atoms with Crippen LogP contribution in [0, 0.1) is 5.41 Å².